The molecule has 1 saturated carbocycles. The lowest BCUT2D eigenvalue weighted by atomic mass is 9.98. The van der Waals surface area contributed by atoms with Gasteiger partial charge in [-0.2, -0.15) is 4.39 Å². The molecule has 1 aromatic rings. The maximum Gasteiger partial charge on any atom is 0.256 e. The number of amides is 1. The highest BCUT2D eigenvalue weighted by molar-refractivity contribution is 5.94. The monoisotopic (exact) mass is 222 g/mol. The highest BCUT2D eigenvalue weighted by Gasteiger charge is 2.39. The molecule has 0 spiro atoms. The van der Waals surface area contributed by atoms with Crippen LogP contribution in [0.25, 0.3) is 0 Å². The molecule has 0 aromatic carbocycles. The van der Waals surface area contributed by atoms with Gasteiger partial charge >= 0.3 is 0 Å². The lowest BCUT2D eigenvalue weighted by Crippen LogP contribution is -2.45. The first kappa shape index (κ1) is 11.0. The van der Waals surface area contributed by atoms with Crippen molar-refractivity contribution in [1.82, 2.24) is 10.3 Å². The molecule has 0 atom stereocenters. The van der Waals surface area contributed by atoms with E-state index in [2.05, 4.69) is 10.3 Å². The summed E-state index contributed by atoms with van der Waals surface area (Å²) in [6, 6.07) is 3.00. The standard InChI is InChI=1S/C12H15FN2O/c1-12(2,8-5-6-8)15-11(16)9-4-3-7-14-10(9)13/h3-4,7-8H,5-6H2,1-2H3,(H,15,16). The van der Waals surface area contributed by atoms with E-state index in [4.69, 9.17) is 0 Å². The number of rotatable bonds is 3. The molecule has 1 aromatic heterocycles. The molecular weight excluding hydrogens is 207 g/mol. The van der Waals surface area contributed by atoms with Crippen molar-refractivity contribution in [1.29, 1.82) is 0 Å². The molecule has 16 heavy (non-hydrogen) atoms. The molecule has 1 amide bonds. The predicted octanol–water partition coefficient (Wildman–Crippen LogP) is 2.14. The number of aromatic nitrogens is 1. The van der Waals surface area contributed by atoms with Crippen LogP contribution in [-0.4, -0.2) is 16.4 Å². The van der Waals surface area contributed by atoms with Crippen LogP contribution in [-0.2, 0) is 0 Å². The third-order valence-corrected chi connectivity index (χ3v) is 3.04. The number of pyridine rings is 1. The molecule has 86 valence electrons. The Hall–Kier alpha value is -1.45. The highest BCUT2D eigenvalue weighted by Crippen LogP contribution is 2.39. The van der Waals surface area contributed by atoms with Crippen LogP contribution in [0, 0.1) is 11.9 Å². The molecule has 4 heteroatoms. The zero-order valence-electron chi connectivity index (χ0n) is 9.46. The van der Waals surface area contributed by atoms with Crippen LogP contribution in [0.3, 0.4) is 0 Å². The average Bonchev–Trinajstić information content (AvgIpc) is 3.00. The van der Waals surface area contributed by atoms with E-state index in [0.29, 0.717) is 5.92 Å². The van der Waals surface area contributed by atoms with E-state index in [0.717, 1.165) is 12.8 Å². The van der Waals surface area contributed by atoms with Crippen LogP contribution in [0.1, 0.15) is 37.0 Å². The van der Waals surface area contributed by atoms with Gasteiger partial charge in [-0.3, -0.25) is 4.79 Å². The number of hydrogen-bond donors (Lipinski definition) is 1. The van der Waals surface area contributed by atoms with Gasteiger partial charge in [-0.25, -0.2) is 4.98 Å². The first-order valence-corrected chi connectivity index (χ1v) is 5.44. The molecule has 1 aliphatic rings. The summed E-state index contributed by atoms with van der Waals surface area (Å²) in [5, 5.41) is 2.86. The van der Waals surface area contributed by atoms with Crippen LogP contribution in [0.4, 0.5) is 4.39 Å². The lowest BCUT2D eigenvalue weighted by Gasteiger charge is -2.26. The van der Waals surface area contributed by atoms with E-state index in [1.165, 1.54) is 12.3 Å². The van der Waals surface area contributed by atoms with Gasteiger partial charge in [0, 0.05) is 11.7 Å². The Morgan fingerprint density at radius 1 is 1.56 bits per heavy atom. The smallest absolute Gasteiger partial charge is 0.256 e. The summed E-state index contributed by atoms with van der Waals surface area (Å²) in [5.41, 5.74) is -0.254. The molecule has 0 bridgehead atoms. The van der Waals surface area contributed by atoms with Gasteiger partial charge in [0.1, 0.15) is 0 Å². The molecule has 1 N–H and O–H groups in total. The van der Waals surface area contributed by atoms with Crippen molar-refractivity contribution in [3.8, 4) is 0 Å². The zero-order chi connectivity index (χ0) is 11.8. The van der Waals surface area contributed by atoms with Crippen molar-refractivity contribution in [2.24, 2.45) is 5.92 Å². The van der Waals surface area contributed by atoms with Crippen LogP contribution < -0.4 is 5.32 Å². The van der Waals surface area contributed by atoms with Crippen LogP contribution >= 0.6 is 0 Å². The molecular formula is C12H15FN2O. The van der Waals surface area contributed by atoms with Crippen molar-refractivity contribution in [3.05, 3.63) is 29.8 Å². The van der Waals surface area contributed by atoms with E-state index in [-0.39, 0.29) is 17.0 Å². The Bertz CT molecular complexity index is 413. The normalized spacial score (nSPS) is 15.9. The number of carbonyl (C=O) groups is 1. The maximum absolute atomic E-state index is 13.3. The summed E-state index contributed by atoms with van der Waals surface area (Å²) in [6.45, 7) is 3.94. The van der Waals surface area contributed by atoms with Gasteiger partial charge in [-0.1, -0.05) is 0 Å². The molecule has 3 nitrogen and oxygen atoms in total. The van der Waals surface area contributed by atoms with E-state index < -0.39 is 5.95 Å². The van der Waals surface area contributed by atoms with Crippen molar-refractivity contribution < 1.29 is 9.18 Å². The molecule has 1 fully saturated rings. The Morgan fingerprint density at radius 3 is 2.81 bits per heavy atom. The summed E-state index contributed by atoms with van der Waals surface area (Å²) in [6.07, 6.45) is 3.59. The Labute approximate surface area is 94.1 Å². The highest BCUT2D eigenvalue weighted by atomic mass is 19.1. The van der Waals surface area contributed by atoms with Gasteiger partial charge in [0.2, 0.25) is 5.95 Å². The first-order chi connectivity index (χ1) is 7.50. The van der Waals surface area contributed by atoms with Gasteiger partial charge < -0.3 is 5.32 Å². The molecule has 1 heterocycles. The van der Waals surface area contributed by atoms with Crippen molar-refractivity contribution in [2.75, 3.05) is 0 Å². The van der Waals surface area contributed by atoms with Crippen molar-refractivity contribution in [3.63, 3.8) is 0 Å². The summed E-state index contributed by atoms with van der Waals surface area (Å²) < 4.78 is 13.3. The fourth-order valence-electron chi connectivity index (χ4n) is 1.82. The van der Waals surface area contributed by atoms with Crippen molar-refractivity contribution in [2.45, 2.75) is 32.2 Å². The van der Waals surface area contributed by atoms with Gasteiger partial charge in [0.25, 0.3) is 5.91 Å². The lowest BCUT2D eigenvalue weighted by molar-refractivity contribution is 0.0898. The topological polar surface area (TPSA) is 42.0 Å². The SMILES string of the molecule is CC(C)(NC(=O)c1cccnc1F)C1CC1. The second-order valence-electron chi connectivity index (χ2n) is 4.79. The Balaban J connectivity index is 2.11. The van der Waals surface area contributed by atoms with Crippen molar-refractivity contribution >= 4 is 5.91 Å². The third kappa shape index (κ3) is 2.21. The van der Waals surface area contributed by atoms with Gasteiger partial charge in [0.15, 0.2) is 0 Å². The number of carbonyl (C=O) groups excluding carboxylic acids is 1. The van der Waals surface area contributed by atoms with Gasteiger partial charge in [-0.15, -0.1) is 0 Å². The van der Waals surface area contributed by atoms with Crippen LogP contribution in [0.15, 0.2) is 18.3 Å². The second kappa shape index (κ2) is 3.85. The minimum atomic E-state index is -0.716. The zero-order valence-corrected chi connectivity index (χ0v) is 9.46. The summed E-state index contributed by atoms with van der Waals surface area (Å²) in [5.74, 6) is -0.592. The van der Waals surface area contributed by atoms with Crippen LogP contribution in [0.5, 0.6) is 0 Å². The third-order valence-electron chi connectivity index (χ3n) is 3.04. The second-order valence-corrected chi connectivity index (χ2v) is 4.79. The number of hydrogen-bond acceptors (Lipinski definition) is 2. The molecule has 2 rings (SSSR count). The van der Waals surface area contributed by atoms with Crippen LogP contribution in [0.2, 0.25) is 0 Å². The quantitative estimate of drug-likeness (QED) is 0.796. The first-order valence-electron chi connectivity index (χ1n) is 5.44. The van der Waals surface area contributed by atoms with E-state index >= 15 is 0 Å². The number of nitrogens with one attached hydrogen (secondary N) is 1. The molecule has 0 saturated heterocycles. The van der Waals surface area contributed by atoms with E-state index in [1.807, 2.05) is 13.8 Å². The Morgan fingerprint density at radius 2 is 2.25 bits per heavy atom. The van der Waals surface area contributed by atoms with E-state index in [1.54, 1.807) is 6.07 Å². The largest absolute Gasteiger partial charge is 0.347 e. The minimum Gasteiger partial charge on any atom is -0.347 e. The minimum absolute atomic E-state index is 0.0104. The molecule has 0 aliphatic heterocycles. The summed E-state index contributed by atoms with van der Waals surface area (Å²) in [7, 11) is 0. The Kier molecular flexibility index (Phi) is 2.66. The molecule has 0 unspecified atom stereocenters. The number of halogens is 1. The molecule has 0 radical (unpaired) electrons. The van der Waals surface area contributed by atoms with E-state index in [9.17, 15) is 9.18 Å². The summed E-state index contributed by atoms with van der Waals surface area (Å²) >= 11 is 0. The summed E-state index contributed by atoms with van der Waals surface area (Å²) in [4.78, 5) is 15.3. The fraction of sp³-hybridized carbons (Fsp3) is 0.500. The average molecular weight is 222 g/mol. The van der Waals surface area contributed by atoms with Gasteiger partial charge in [0.05, 0.1) is 5.56 Å². The van der Waals surface area contributed by atoms with Gasteiger partial charge in [-0.05, 0) is 44.7 Å². The number of nitrogens with zero attached hydrogens (tertiary/aromatic N) is 1. The fourth-order valence-corrected chi connectivity index (χ4v) is 1.82. The maximum atomic E-state index is 13.3. The molecule has 1 aliphatic carbocycles. The predicted molar refractivity (Wildman–Crippen MR) is 58.5 cm³/mol.